The first-order valence-electron chi connectivity index (χ1n) is 6.44. The van der Waals surface area contributed by atoms with E-state index in [1.54, 1.807) is 0 Å². The molecular formula is C16H16Br3N. The van der Waals surface area contributed by atoms with E-state index in [9.17, 15) is 0 Å². The van der Waals surface area contributed by atoms with Crippen LogP contribution in [0, 0.1) is 5.41 Å². The van der Waals surface area contributed by atoms with Gasteiger partial charge in [-0.2, -0.15) is 0 Å². The van der Waals surface area contributed by atoms with Gasteiger partial charge in [0.25, 0.3) is 0 Å². The third-order valence-corrected chi connectivity index (χ3v) is 6.18. The van der Waals surface area contributed by atoms with Crippen LogP contribution in [0.5, 0.6) is 0 Å². The van der Waals surface area contributed by atoms with E-state index >= 15 is 0 Å². The van der Waals surface area contributed by atoms with Crippen LogP contribution < -0.4 is 0 Å². The summed E-state index contributed by atoms with van der Waals surface area (Å²) in [6.07, 6.45) is 3.85. The van der Waals surface area contributed by atoms with Crippen LogP contribution in [0.3, 0.4) is 0 Å². The number of nitrogens with zero attached hydrogens (tertiary/aromatic N) is 1. The number of benzene rings is 1. The van der Waals surface area contributed by atoms with E-state index in [0.717, 1.165) is 33.7 Å². The summed E-state index contributed by atoms with van der Waals surface area (Å²) < 4.78 is 1.02. The molecular weight excluding hydrogens is 446 g/mol. The largest absolute Gasteiger partial charge is 0.260 e. The fraction of sp³-hybridized carbons (Fsp3) is 0.312. The lowest BCUT2D eigenvalue weighted by Gasteiger charge is -2.30. The molecule has 0 aliphatic rings. The van der Waals surface area contributed by atoms with Crippen molar-refractivity contribution in [3.05, 3.63) is 64.4 Å². The summed E-state index contributed by atoms with van der Waals surface area (Å²) in [4.78, 5) is 4.51. The zero-order chi connectivity index (χ0) is 14.4. The molecule has 4 heteroatoms. The van der Waals surface area contributed by atoms with Crippen LogP contribution in [-0.4, -0.2) is 15.6 Å². The number of pyridine rings is 1. The Bertz CT molecular complexity index is 521. The maximum atomic E-state index is 4.51. The van der Waals surface area contributed by atoms with E-state index < -0.39 is 0 Å². The third-order valence-electron chi connectivity index (χ3n) is 3.33. The number of halogens is 3. The predicted molar refractivity (Wildman–Crippen MR) is 95.8 cm³/mol. The molecule has 0 radical (unpaired) electrons. The molecule has 1 nitrogen and oxygen atoms in total. The number of rotatable bonds is 6. The van der Waals surface area contributed by atoms with Crippen LogP contribution in [-0.2, 0) is 12.8 Å². The number of aromatic nitrogens is 1. The Balaban J connectivity index is 2.18. The van der Waals surface area contributed by atoms with Crippen LogP contribution in [0.4, 0.5) is 0 Å². The summed E-state index contributed by atoms with van der Waals surface area (Å²) in [6.45, 7) is 0. The minimum atomic E-state index is 0.141. The Hall–Kier alpha value is -0.190. The molecule has 2 aromatic rings. The van der Waals surface area contributed by atoms with Gasteiger partial charge in [-0.05, 0) is 51.9 Å². The number of hydrogen-bond acceptors (Lipinski definition) is 1. The summed E-state index contributed by atoms with van der Waals surface area (Å²) >= 11 is 10.8. The monoisotopic (exact) mass is 459 g/mol. The highest BCUT2D eigenvalue weighted by atomic mass is 79.9. The van der Waals surface area contributed by atoms with Crippen LogP contribution in [0.15, 0.2) is 53.1 Å². The predicted octanol–water partition coefficient (Wildman–Crippen LogP) is 5.41. The molecule has 0 unspecified atom stereocenters. The van der Waals surface area contributed by atoms with E-state index in [1.165, 1.54) is 5.56 Å². The Morgan fingerprint density at radius 1 is 0.900 bits per heavy atom. The molecule has 1 aromatic carbocycles. The first-order chi connectivity index (χ1) is 9.67. The van der Waals surface area contributed by atoms with Crippen molar-refractivity contribution >= 4 is 47.8 Å². The first-order valence-corrected chi connectivity index (χ1v) is 9.47. The van der Waals surface area contributed by atoms with Gasteiger partial charge in [-0.1, -0.05) is 62.2 Å². The van der Waals surface area contributed by atoms with Crippen molar-refractivity contribution in [3.63, 3.8) is 0 Å². The molecule has 0 N–H and O–H groups in total. The molecule has 0 aliphatic carbocycles. The molecule has 0 spiro atoms. The van der Waals surface area contributed by atoms with Crippen molar-refractivity contribution in [1.82, 2.24) is 4.98 Å². The van der Waals surface area contributed by atoms with Gasteiger partial charge in [0.1, 0.15) is 0 Å². The second-order valence-corrected chi connectivity index (χ2v) is 7.11. The van der Waals surface area contributed by atoms with Crippen molar-refractivity contribution < 1.29 is 0 Å². The van der Waals surface area contributed by atoms with Crippen molar-refractivity contribution in [2.75, 3.05) is 10.7 Å². The summed E-state index contributed by atoms with van der Waals surface area (Å²) in [5.41, 5.74) is 2.63. The van der Waals surface area contributed by atoms with Gasteiger partial charge < -0.3 is 0 Å². The van der Waals surface area contributed by atoms with E-state index in [0.29, 0.717) is 0 Å². The van der Waals surface area contributed by atoms with Crippen LogP contribution >= 0.6 is 47.8 Å². The Labute approximate surface area is 145 Å². The second kappa shape index (κ2) is 7.71. The molecule has 0 aliphatic heterocycles. The van der Waals surface area contributed by atoms with Crippen LogP contribution in [0.1, 0.15) is 11.3 Å². The molecule has 0 fully saturated rings. The average Bonchev–Trinajstić information content (AvgIpc) is 2.50. The average molecular weight is 462 g/mol. The summed E-state index contributed by atoms with van der Waals surface area (Å²) in [6, 6.07) is 14.8. The third kappa shape index (κ3) is 4.40. The fourth-order valence-corrected chi connectivity index (χ4v) is 4.17. The molecule has 1 heterocycles. The second-order valence-electron chi connectivity index (χ2n) is 5.07. The van der Waals surface area contributed by atoms with Crippen molar-refractivity contribution in [2.24, 2.45) is 5.41 Å². The van der Waals surface area contributed by atoms with Gasteiger partial charge >= 0.3 is 0 Å². The SMILES string of the molecule is BrCC(CBr)(Cc1ccccc1)Cc1ccc(Br)cn1. The Morgan fingerprint density at radius 2 is 1.60 bits per heavy atom. The molecule has 2 rings (SSSR count). The lowest BCUT2D eigenvalue weighted by molar-refractivity contribution is 0.381. The molecule has 0 saturated heterocycles. The topological polar surface area (TPSA) is 12.9 Å². The van der Waals surface area contributed by atoms with E-state index in [2.05, 4.69) is 95.2 Å². The van der Waals surface area contributed by atoms with E-state index in [4.69, 9.17) is 0 Å². The normalized spacial score (nSPS) is 11.6. The lowest BCUT2D eigenvalue weighted by atomic mass is 9.81. The minimum absolute atomic E-state index is 0.141. The highest BCUT2D eigenvalue weighted by molar-refractivity contribution is 9.10. The summed E-state index contributed by atoms with van der Waals surface area (Å²) in [5.74, 6) is 0. The fourth-order valence-electron chi connectivity index (χ4n) is 2.21. The van der Waals surface area contributed by atoms with Crippen molar-refractivity contribution in [2.45, 2.75) is 12.8 Å². The zero-order valence-corrected chi connectivity index (χ0v) is 15.8. The molecule has 0 bridgehead atoms. The van der Waals surface area contributed by atoms with Gasteiger partial charge in [-0.15, -0.1) is 0 Å². The van der Waals surface area contributed by atoms with E-state index in [-0.39, 0.29) is 5.41 Å². The molecule has 1 aromatic heterocycles. The summed E-state index contributed by atoms with van der Waals surface area (Å²) in [7, 11) is 0. The van der Waals surface area contributed by atoms with Crippen LogP contribution in [0.25, 0.3) is 0 Å². The van der Waals surface area contributed by atoms with Gasteiger partial charge in [-0.3, -0.25) is 4.98 Å². The quantitative estimate of drug-likeness (QED) is 0.524. The Morgan fingerprint density at radius 3 is 2.15 bits per heavy atom. The van der Waals surface area contributed by atoms with Crippen LogP contribution in [0.2, 0.25) is 0 Å². The van der Waals surface area contributed by atoms with E-state index in [1.807, 2.05) is 6.20 Å². The summed E-state index contributed by atoms with van der Waals surface area (Å²) in [5, 5.41) is 1.88. The highest BCUT2D eigenvalue weighted by Crippen LogP contribution is 2.32. The van der Waals surface area contributed by atoms with Gasteiger partial charge in [0.05, 0.1) is 0 Å². The zero-order valence-electron chi connectivity index (χ0n) is 11.0. The molecule has 0 saturated carbocycles. The number of hydrogen-bond donors (Lipinski definition) is 0. The maximum absolute atomic E-state index is 4.51. The van der Waals surface area contributed by atoms with Gasteiger partial charge in [0.15, 0.2) is 0 Å². The lowest BCUT2D eigenvalue weighted by Crippen LogP contribution is -2.30. The molecule has 0 amide bonds. The molecule has 106 valence electrons. The van der Waals surface area contributed by atoms with Gasteiger partial charge in [0, 0.05) is 27.0 Å². The standard InChI is InChI=1S/C16H16Br3N/c17-11-16(12-18,8-13-4-2-1-3-5-13)9-15-7-6-14(19)10-20-15/h1-7,10H,8-9,11-12H2. The first kappa shape index (κ1) is 16.2. The Kier molecular flexibility index (Phi) is 6.24. The van der Waals surface area contributed by atoms with Gasteiger partial charge in [-0.25, -0.2) is 0 Å². The smallest absolute Gasteiger partial charge is 0.0413 e. The van der Waals surface area contributed by atoms with Gasteiger partial charge in [0.2, 0.25) is 0 Å². The highest BCUT2D eigenvalue weighted by Gasteiger charge is 2.29. The van der Waals surface area contributed by atoms with Crippen molar-refractivity contribution in [3.8, 4) is 0 Å². The number of alkyl halides is 2. The maximum Gasteiger partial charge on any atom is 0.0413 e. The minimum Gasteiger partial charge on any atom is -0.260 e. The molecule has 20 heavy (non-hydrogen) atoms. The molecule has 0 atom stereocenters. The van der Waals surface area contributed by atoms with Crippen molar-refractivity contribution in [1.29, 1.82) is 0 Å².